The van der Waals surface area contributed by atoms with Gasteiger partial charge in [0.2, 0.25) is 0 Å². The van der Waals surface area contributed by atoms with Crippen LogP contribution < -0.4 is 9.13 Å². The minimum absolute atomic E-state index is 0.930. The summed E-state index contributed by atoms with van der Waals surface area (Å²) in [6.07, 6.45) is 11.4. The van der Waals surface area contributed by atoms with Gasteiger partial charge in [-0.3, -0.25) is 4.98 Å². The molecule has 0 N–H and O–H groups in total. The van der Waals surface area contributed by atoms with Gasteiger partial charge in [-0.1, -0.05) is 0 Å². The molecule has 7 heteroatoms. The lowest BCUT2D eigenvalue weighted by Gasteiger charge is -2.02. The third-order valence-electron chi connectivity index (χ3n) is 4.56. The molecule has 0 aliphatic carbocycles. The molecule has 0 saturated heterocycles. The Hall–Kier alpha value is -3.61. The van der Waals surface area contributed by atoms with E-state index in [1.165, 1.54) is 0 Å². The summed E-state index contributed by atoms with van der Waals surface area (Å²) >= 11 is 0. The second-order valence-electron chi connectivity index (χ2n) is 6.29. The maximum Gasteiger partial charge on any atom is 0.301 e. The van der Waals surface area contributed by atoms with Crippen LogP contribution in [0.5, 0.6) is 0 Å². The summed E-state index contributed by atoms with van der Waals surface area (Å²) in [4.78, 5) is 13.4. The maximum atomic E-state index is 4.47. The normalized spacial score (nSPS) is 11.5. The maximum absolute atomic E-state index is 4.47. The molecule has 0 atom stereocenters. The van der Waals surface area contributed by atoms with Crippen molar-refractivity contribution in [3.8, 4) is 11.4 Å². The van der Waals surface area contributed by atoms with E-state index in [1.807, 2.05) is 60.4 Å². The van der Waals surface area contributed by atoms with Gasteiger partial charge >= 0.3 is 11.3 Å². The van der Waals surface area contributed by atoms with Gasteiger partial charge in [0.25, 0.3) is 0 Å². The Balaban J connectivity index is 1.72. The van der Waals surface area contributed by atoms with Crippen molar-refractivity contribution in [1.29, 1.82) is 0 Å². The summed E-state index contributed by atoms with van der Waals surface area (Å²) in [6.45, 7) is 0. The highest BCUT2D eigenvalue weighted by Gasteiger charge is 2.18. The van der Waals surface area contributed by atoms with E-state index in [0.717, 1.165) is 33.7 Å². The first kappa shape index (κ1) is 14.7. The van der Waals surface area contributed by atoms with Gasteiger partial charge in [-0.2, -0.15) is 0 Å². The van der Waals surface area contributed by atoms with Crippen molar-refractivity contribution in [2.45, 2.75) is 0 Å². The van der Waals surface area contributed by atoms with E-state index >= 15 is 0 Å². The van der Waals surface area contributed by atoms with E-state index in [2.05, 4.69) is 42.3 Å². The van der Waals surface area contributed by atoms with Gasteiger partial charge < -0.3 is 0 Å². The number of aryl methyl sites for hydroxylation is 2. The van der Waals surface area contributed by atoms with Crippen molar-refractivity contribution in [3.05, 3.63) is 67.8 Å². The first-order valence-corrected chi connectivity index (χ1v) is 8.31. The smallest absolute Gasteiger partial charge is 0.257 e. The molecule has 5 aromatic heterocycles. The van der Waals surface area contributed by atoms with E-state index in [9.17, 15) is 0 Å². The predicted octanol–water partition coefficient (Wildman–Crippen LogP) is 1.41. The highest BCUT2D eigenvalue weighted by atomic mass is 15.2. The largest absolute Gasteiger partial charge is 0.301 e. The summed E-state index contributed by atoms with van der Waals surface area (Å²) in [5, 5.41) is 0. The van der Waals surface area contributed by atoms with Gasteiger partial charge in [-0.05, 0) is 24.3 Å². The van der Waals surface area contributed by atoms with Crippen LogP contribution in [0.1, 0.15) is 0 Å². The molecule has 0 aliphatic rings. The Bertz CT molecular complexity index is 1170. The van der Waals surface area contributed by atoms with Crippen LogP contribution >= 0.6 is 0 Å². The molecule has 0 aromatic carbocycles. The zero-order chi connectivity index (χ0) is 17.7. The molecule has 0 spiro atoms. The van der Waals surface area contributed by atoms with Crippen molar-refractivity contribution in [1.82, 2.24) is 24.1 Å². The van der Waals surface area contributed by atoms with Crippen LogP contribution in [0.4, 0.5) is 0 Å². The minimum Gasteiger partial charge on any atom is -0.257 e. The Kier molecular flexibility index (Phi) is 3.08. The quantitative estimate of drug-likeness (QED) is 0.456. The van der Waals surface area contributed by atoms with E-state index < -0.39 is 0 Å². The van der Waals surface area contributed by atoms with Crippen LogP contribution in [-0.4, -0.2) is 24.1 Å². The molecule has 126 valence electrons. The van der Waals surface area contributed by atoms with Crippen molar-refractivity contribution < 1.29 is 9.13 Å². The molecular formula is C19H17N7+2. The molecule has 0 radical (unpaired) electrons. The number of nitrogens with zero attached hydrogens (tertiary/aromatic N) is 7. The Morgan fingerprint density at radius 1 is 0.769 bits per heavy atom. The van der Waals surface area contributed by atoms with Crippen molar-refractivity contribution >= 4 is 22.3 Å². The van der Waals surface area contributed by atoms with E-state index in [4.69, 9.17) is 0 Å². The summed E-state index contributed by atoms with van der Waals surface area (Å²) < 4.78 is 8.22. The summed E-state index contributed by atoms with van der Waals surface area (Å²) in [5.41, 5.74) is 5.90. The number of aromatic nitrogens is 7. The summed E-state index contributed by atoms with van der Waals surface area (Å²) in [6, 6.07) is 10.1. The van der Waals surface area contributed by atoms with Crippen molar-refractivity contribution in [3.63, 3.8) is 0 Å². The standard InChI is InChI=1S/C19H17N7/c1-23-12-25(16-5-3-7-21-18(16)23)14-9-15(11-20-10-14)26-13-24(2)19-17(26)6-4-8-22-19/h3-13H,1-2H3/q+2. The zero-order valence-corrected chi connectivity index (χ0v) is 14.5. The molecule has 0 amide bonds. The third kappa shape index (κ3) is 2.10. The van der Waals surface area contributed by atoms with Crippen molar-refractivity contribution in [2.24, 2.45) is 14.1 Å². The molecule has 5 aromatic rings. The molecule has 7 nitrogen and oxygen atoms in total. The number of pyridine rings is 3. The zero-order valence-electron chi connectivity index (χ0n) is 14.5. The number of rotatable bonds is 2. The fourth-order valence-corrected chi connectivity index (χ4v) is 3.37. The average molecular weight is 343 g/mol. The molecule has 5 rings (SSSR count). The van der Waals surface area contributed by atoms with E-state index in [-0.39, 0.29) is 0 Å². The summed E-state index contributed by atoms with van der Waals surface area (Å²) in [5.74, 6) is 0. The molecule has 0 saturated carbocycles. The lowest BCUT2D eigenvalue weighted by atomic mass is 10.3. The lowest BCUT2D eigenvalue weighted by Crippen LogP contribution is -2.26. The van der Waals surface area contributed by atoms with Crippen LogP contribution in [0.2, 0.25) is 0 Å². The third-order valence-corrected chi connectivity index (χ3v) is 4.56. The van der Waals surface area contributed by atoms with Crippen LogP contribution in [0, 0.1) is 0 Å². The number of imidazole rings is 2. The number of hydrogen-bond acceptors (Lipinski definition) is 3. The highest BCUT2D eigenvalue weighted by Crippen LogP contribution is 2.19. The Morgan fingerprint density at radius 2 is 1.27 bits per heavy atom. The fourth-order valence-electron chi connectivity index (χ4n) is 3.37. The van der Waals surface area contributed by atoms with Crippen LogP contribution in [0.25, 0.3) is 33.7 Å². The van der Waals surface area contributed by atoms with Gasteiger partial charge in [0.15, 0.2) is 23.7 Å². The van der Waals surface area contributed by atoms with Crippen LogP contribution in [0.3, 0.4) is 0 Å². The van der Waals surface area contributed by atoms with E-state index in [0.29, 0.717) is 0 Å². The second kappa shape index (κ2) is 5.45. The van der Waals surface area contributed by atoms with Crippen molar-refractivity contribution in [2.75, 3.05) is 0 Å². The van der Waals surface area contributed by atoms with Gasteiger partial charge in [-0.25, -0.2) is 18.3 Å². The van der Waals surface area contributed by atoms with Gasteiger partial charge in [0.1, 0.15) is 23.8 Å². The monoisotopic (exact) mass is 343 g/mol. The topological polar surface area (TPSA) is 56.3 Å². The molecule has 26 heavy (non-hydrogen) atoms. The number of hydrogen-bond donors (Lipinski definition) is 0. The Morgan fingerprint density at radius 3 is 1.77 bits per heavy atom. The second-order valence-corrected chi connectivity index (χ2v) is 6.29. The lowest BCUT2D eigenvalue weighted by molar-refractivity contribution is -0.647. The van der Waals surface area contributed by atoms with E-state index in [1.54, 1.807) is 12.4 Å². The molecule has 0 aliphatic heterocycles. The number of fused-ring (bicyclic) bond motifs is 2. The SMILES string of the molecule is C[n+]1cn(-c2cncc(-n3c[n+](C)c4ncccc43)c2)c2cccnc21. The first-order valence-electron chi connectivity index (χ1n) is 8.31. The summed E-state index contributed by atoms with van der Waals surface area (Å²) in [7, 11) is 3.99. The molecule has 0 unspecified atom stereocenters. The van der Waals surface area contributed by atoms with Gasteiger partial charge in [0.05, 0.1) is 26.5 Å². The first-order chi connectivity index (χ1) is 12.7. The minimum atomic E-state index is 0.930. The molecule has 5 heterocycles. The van der Waals surface area contributed by atoms with Crippen LogP contribution in [0.15, 0.2) is 67.8 Å². The highest BCUT2D eigenvalue weighted by molar-refractivity contribution is 5.71. The van der Waals surface area contributed by atoms with Gasteiger partial charge in [-0.15, -0.1) is 9.97 Å². The molecule has 0 fully saturated rings. The van der Waals surface area contributed by atoms with Crippen LogP contribution in [-0.2, 0) is 14.1 Å². The molecular weight excluding hydrogens is 326 g/mol. The fraction of sp³-hybridized carbons (Fsp3) is 0.105. The average Bonchev–Trinajstić information content (AvgIpc) is 3.20. The van der Waals surface area contributed by atoms with Gasteiger partial charge in [0, 0.05) is 6.07 Å². The molecule has 0 bridgehead atoms. The Labute approximate surface area is 149 Å². The predicted molar refractivity (Wildman–Crippen MR) is 95.8 cm³/mol.